The van der Waals surface area contributed by atoms with Crippen molar-refractivity contribution in [3.05, 3.63) is 42.5 Å². The Morgan fingerprint density at radius 2 is 2.00 bits per heavy atom. The van der Waals surface area contributed by atoms with Gasteiger partial charge in [-0.3, -0.25) is 9.78 Å². The number of piperidine rings is 1. The fourth-order valence-electron chi connectivity index (χ4n) is 3.96. The van der Waals surface area contributed by atoms with Crippen LogP contribution in [0.2, 0.25) is 0 Å². The first-order valence-electron chi connectivity index (χ1n) is 11.1. The van der Waals surface area contributed by atoms with E-state index in [4.69, 9.17) is 0 Å². The number of hydrogen-bond donors (Lipinski definition) is 1. The van der Waals surface area contributed by atoms with Gasteiger partial charge >= 0.3 is 0 Å². The number of carbonyl (C=O) groups is 1. The van der Waals surface area contributed by atoms with Gasteiger partial charge in [0.05, 0.1) is 0 Å². The fraction of sp³-hybridized carbons (Fsp3) is 0.565. The minimum absolute atomic E-state index is 0.236. The molecule has 0 bridgehead atoms. The van der Waals surface area contributed by atoms with Gasteiger partial charge in [0, 0.05) is 63.5 Å². The summed E-state index contributed by atoms with van der Waals surface area (Å²) in [7, 11) is 1.90. The molecule has 7 heteroatoms. The Balaban J connectivity index is 1.17. The topological polar surface area (TPSA) is 74.2 Å². The quantitative estimate of drug-likeness (QED) is 0.687. The fourth-order valence-corrected chi connectivity index (χ4v) is 3.96. The first-order valence-corrected chi connectivity index (χ1v) is 11.1. The third-order valence-electron chi connectivity index (χ3n) is 6.14. The number of rotatable bonds is 9. The molecule has 2 aromatic heterocycles. The summed E-state index contributed by atoms with van der Waals surface area (Å²) in [6.45, 7) is 2.71. The van der Waals surface area contributed by atoms with Crippen molar-refractivity contribution in [1.82, 2.24) is 19.9 Å². The van der Waals surface area contributed by atoms with E-state index in [1.54, 1.807) is 12.5 Å². The summed E-state index contributed by atoms with van der Waals surface area (Å²) in [4.78, 5) is 29.8. The van der Waals surface area contributed by atoms with Crippen LogP contribution in [-0.4, -0.2) is 58.5 Å². The largest absolute Gasteiger partial charge is 0.367 e. The van der Waals surface area contributed by atoms with Crippen molar-refractivity contribution in [2.45, 2.75) is 51.0 Å². The molecular formula is C23H32N6O. The maximum absolute atomic E-state index is 12.5. The number of carbonyl (C=O) groups excluding carboxylic acids is 1. The van der Waals surface area contributed by atoms with Crippen molar-refractivity contribution < 1.29 is 4.79 Å². The predicted molar refractivity (Wildman–Crippen MR) is 118 cm³/mol. The molecule has 7 nitrogen and oxygen atoms in total. The lowest BCUT2D eigenvalue weighted by Gasteiger charge is -2.33. The normalized spacial score (nSPS) is 17.0. The van der Waals surface area contributed by atoms with E-state index in [-0.39, 0.29) is 5.91 Å². The van der Waals surface area contributed by atoms with Gasteiger partial charge in [-0.15, -0.1) is 0 Å². The highest BCUT2D eigenvalue weighted by Gasteiger charge is 2.24. The number of amides is 1. The van der Waals surface area contributed by atoms with E-state index in [0.29, 0.717) is 18.4 Å². The molecular weight excluding hydrogens is 376 g/mol. The standard InChI is InChI=1S/C23H32N6O/c1-28(13-11-19-4-2-3-12-24-19)23(30)8-5-18-9-14-29(15-10-18)22-16-21(25-17-26-22)27-20-6-7-20/h2-4,12,16-18,20H,5-11,13-15H2,1H3,(H,25,26,27). The highest BCUT2D eigenvalue weighted by molar-refractivity contribution is 5.75. The molecule has 0 unspecified atom stereocenters. The first-order chi connectivity index (χ1) is 14.7. The van der Waals surface area contributed by atoms with Crippen molar-refractivity contribution in [3.8, 4) is 0 Å². The van der Waals surface area contributed by atoms with Crippen molar-refractivity contribution in [3.63, 3.8) is 0 Å². The molecule has 3 heterocycles. The van der Waals surface area contributed by atoms with Crippen LogP contribution < -0.4 is 10.2 Å². The SMILES string of the molecule is CN(CCc1ccccn1)C(=O)CCC1CCN(c2cc(NC3CC3)ncn2)CC1. The van der Waals surface area contributed by atoms with Gasteiger partial charge in [-0.25, -0.2) is 9.97 Å². The molecule has 30 heavy (non-hydrogen) atoms. The van der Waals surface area contributed by atoms with Gasteiger partial charge in [-0.1, -0.05) is 6.07 Å². The van der Waals surface area contributed by atoms with Crippen LogP contribution in [0, 0.1) is 5.92 Å². The summed E-state index contributed by atoms with van der Waals surface area (Å²) in [5, 5.41) is 3.44. The minimum atomic E-state index is 0.236. The van der Waals surface area contributed by atoms with E-state index in [9.17, 15) is 4.79 Å². The van der Waals surface area contributed by atoms with E-state index < -0.39 is 0 Å². The molecule has 0 aromatic carbocycles. The zero-order valence-corrected chi connectivity index (χ0v) is 17.8. The monoisotopic (exact) mass is 408 g/mol. The number of hydrogen-bond acceptors (Lipinski definition) is 6. The molecule has 1 aliphatic heterocycles. The van der Waals surface area contributed by atoms with E-state index in [1.807, 2.05) is 30.1 Å². The molecule has 2 fully saturated rings. The molecule has 0 atom stereocenters. The number of likely N-dealkylation sites (N-methyl/N-ethyl adjacent to an activating group) is 1. The van der Waals surface area contributed by atoms with Crippen LogP contribution in [0.15, 0.2) is 36.8 Å². The molecule has 160 valence electrons. The van der Waals surface area contributed by atoms with Gasteiger partial charge in [-0.05, 0) is 50.2 Å². The molecule has 0 spiro atoms. The lowest BCUT2D eigenvalue weighted by Crippen LogP contribution is -2.35. The number of nitrogens with zero attached hydrogens (tertiary/aromatic N) is 5. The smallest absolute Gasteiger partial charge is 0.222 e. The van der Waals surface area contributed by atoms with Gasteiger partial charge in [0.1, 0.15) is 18.0 Å². The second-order valence-electron chi connectivity index (χ2n) is 8.54. The van der Waals surface area contributed by atoms with Gasteiger partial charge in [0.15, 0.2) is 0 Å². The molecule has 4 rings (SSSR count). The third-order valence-corrected chi connectivity index (χ3v) is 6.14. The van der Waals surface area contributed by atoms with Crippen LogP contribution in [0.25, 0.3) is 0 Å². The molecule has 1 aliphatic carbocycles. The van der Waals surface area contributed by atoms with Gasteiger partial charge in [0.2, 0.25) is 5.91 Å². The second-order valence-corrected chi connectivity index (χ2v) is 8.54. The Morgan fingerprint density at radius 1 is 1.17 bits per heavy atom. The van der Waals surface area contributed by atoms with Crippen molar-refractivity contribution in [2.24, 2.45) is 5.92 Å². The zero-order chi connectivity index (χ0) is 20.8. The molecule has 2 aliphatic rings. The van der Waals surface area contributed by atoms with Crippen LogP contribution in [-0.2, 0) is 11.2 Å². The van der Waals surface area contributed by atoms with Gasteiger partial charge in [0.25, 0.3) is 0 Å². The van der Waals surface area contributed by atoms with E-state index in [0.717, 1.165) is 62.6 Å². The molecule has 1 N–H and O–H groups in total. The summed E-state index contributed by atoms with van der Waals surface area (Å²) in [5.41, 5.74) is 1.03. The number of anilines is 2. The maximum atomic E-state index is 12.5. The zero-order valence-electron chi connectivity index (χ0n) is 17.8. The highest BCUT2D eigenvalue weighted by atomic mass is 16.2. The van der Waals surface area contributed by atoms with Crippen LogP contribution in [0.1, 0.15) is 44.2 Å². The van der Waals surface area contributed by atoms with Crippen LogP contribution in [0.5, 0.6) is 0 Å². The summed E-state index contributed by atoms with van der Waals surface area (Å²) in [5.74, 6) is 2.79. The average molecular weight is 409 g/mol. The number of pyridine rings is 1. The van der Waals surface area contributed by atoms with Gasteiger partial charge < -0.3 is 15.1 Å². The average Bonchev–Trinajstić information content (AvgIpc) is 3.61. The van der Waals surface area contributed by atoms with E-state index in [1.165, 1.54) is 12.8 Å². The molecule has 1 amide bonds. The molecule has 2 aromatic rings. The minimum Gasteiger partial charge on any atom is -0.367 e. The van der Waals surface area contributed by atoms with Crippen LogP contribution in [0.3, 0.4) is 0 Å². The van der Waals surface area contributed by atoms with Crippen LogP contribution in [0.4, 0.5) is 11.6 Å². The molecule has 0 radical (unpaired) electrons. The van der Waals surface area contributed by atoms with Crippen LogP contribution >= 0.6 is 0 Å². The summed E-state index contributed by atoms with van der Waals surface area (Å²) >= 11 is 0. The maximum Gasteiger partial charge on any atom is 0.222 e. The van der Waals surface area contributed by atoms with E-state index >= 15 is 0 Å². The van der Waals surface area contributed by atoms with Crippen molar-refractivity contribution >= 4 is 17.5 Å². The second kappa shape index (κ2) is 9.87. The Bertz CT molecular complexity index is 817. The summed E-state index contributed by atoms with van der Waals surface area (Å²) < 4.78 is 0. The molecule has 1 saturated carbocycles. The Kier molecular flexibility index (Phi) is 6.77. The first kappa shape index (κ1) is 20.6. The lowest BCUT2D eigenvalue weighted by molar-refractivity contribution is -0.130. The Morgan fingerprint density at radius 3 is 2.73 bits per heavy atom. The molecule has 1 saturated heterocycles. The van der Waals surface area contributed by atoms with Crippen molar-refractivity contribution in [2.75, 3.05) is 36.9 Å². The number of nitrogens with one attached hydrogen (secondary N) is 1. The summed E-state index contributed by atoms with van der Waals surface area (Å²) in [6.07, 6.45) is 10.6. The highest BCUT2D eigenvalue weighted by Crippen LogP contribution is 2.28. The lowest BCUT2D eigenvalue weighted by atomic mass is 9.92. The Hall–Kier alpha value is -2.70. The third kappa shape index (κ3) is 5.90. The summed E-state index contributed by atoms with van der Waals surface area (Å²) in [6, 6.07) is 8.58. The predicted octanol–water partition coefficient (Wildman–Crippen LogP) is 3.14. The van der Waals surface area contributed by atoms with Gasteiger partial charge in [-0.2, -0.15) is 0 Å². The van der Waals surface area contributed by atoms with Crippen molar-refractivity contribution in [1.29, 1.82) is 0 Å². The van der Waals surface area contributed by atoms with E-state index in [2.05, 4.69) is 31.2 Å². The number of aromatic nitrogens is 3. The Labute approximate surface area is 178 Å².